The molecule has 0 bridgehead atoms. The zero-order valence-corrected chi connectivity index (χ0v) is 12.8. The molecule has 1 atom stereocenters. The minimum absolute atomic E-state index is 0.115. The van der Waals surface area contributed by atoms with Crippen LogP contribution < -0.4 is 10.5 Å². The minimum atomic E-state index is -0.115. The molecule has 0 spiro atoms. The summed E-state index contributed by atoms with van der Waals surface area (Å²) in [6.07, 6.45) is 3.66. The minimum Gasteiger partial charge on any atom is -0.338 e. The standard InChI is InChI=1S/C14H22N6O/c1-4-10-9-18(2)6-5-7-20(10)14-16-12-11(13(21)17-14)8-15-19(12)3/h8,10H,4-7,9H2,1-3H3,(H,16,17,21)/t10-/m0/s1. The van der Waals surface area contributed by atoms with Crippen molar-refractivity contribution in [2.45, 2.75) is 25.8 Å². The van der Waals surface area contributed by atoms with E-state index in [-0.39, 0.29) is 5.56 Å². The molecular weight excluding hydrogens is 268 g/mol. The summed E-state index contributed by atoms with van der Waals surface area (Å²) in [7, 11) is 3.96. The summed E-state index contributed by atoms with van der Waals surface area (Å²) in [5, 5.41) is 4.66. The average Bonchev–Trinajstić information content (AvgIpc) is 2.72. The van der Waals surface area contributed by atoms with Crippen molar-refractivity contribution in [3.05, 3.63) is 16.6 Å². The fourth-order valence-electron chi connectivity index (χ4n) is 3.03. The second kappa shape index (κ2) is 5.48. The van der Waals surface area contributed by atoms with E-state index in [4.69, 9.17) is 0 Å². The molecule has 0 unspecified atom stereocenters. The first-order valence-corrected chi connectivity index (χ1v) is 7.47. The summed E-state index contributed by atoms with van der Waals surface area (Å²) in [4.78, 5) is 24.4. The van der Waals surface area contributed by atoms with Crippen LogP contribution in [0, 0.1) is 0 Å². The summed E-state index contributed by atoms with van der Waals surface area (Å²) in [6.45, 7) is 5.15. The number of aromatic amines is 1. The quantitative estimate of drug-likeness (QED) is 0.876. The third-order valence-corrected chi connectivity index (χ3v) is 4.23. The van der Waals surface area contributed by atoms with Crippen molar-refractivity contribution < 1.29 is 0 Å². The molecule has 0 amide bonds. The number of hydrogen-bond acceptors (Lipinski definition) is 5. The average molecular weight is 290 g/mol. The Morgan fingerprint density at radius 1 is 1.38 bits per heavy atom. The van der Waals surface area contributed by atoms with E-state index in [9.17, 15) is 4.79 Å². The van der Waals surface area contributed by atoms with Gasteiger partial charge in [-0.15, -0.1) is 0 Å². The van der Waals surface area contributed by atoms with Gasteiger partial charge in [0.1, 0.15) is 5.39 Å². The molecule has 1 aliphatic heterocycles. The summed E-state index contributed by atoms with van der Waals surface area (Å²) >= 11 is 0. The van der Waals surface area contributed by atoms with Gasteiger partial charge in [0, 0.05) is 26.2 Å². The number of aryl methyl sites for hydroxylation is 1. The van der Waals surface area contributed by atoms with Gasteiger partial charge in [0.2, 0.25) is 5.95 Å². The molecule has 7 heteroatoms. The third-order valence-electron chi connectivity index (χ3n) is 4.23. The molecule has 0 radical (unpaired) electrons. The fraction of sp³-hybridized carbons (Fsp3) is 0.643. The summed E-state index contributed by atoms with van der Waals surface area (Å²) in [5.74, 6) is 0.665. The number of nitrogens with zero attached hydrogens (tertiary/aromatic N) is 5. The highest BCUT2D eigenvalue weighted by Crippen LogP contribution is 2.18. The molecule has 21 heavy (non-hydrogen) atoms. The lowest BCUT2D eigenvalue weighted by Gasteiger charge is -2.30. The lowest BCUT2D eigenvalue weighted by Crippen LogP contribution is -2.41. The first-order valence-electron chi connectivity index (χ1n) is 7.47. The zero-order chi connectivity index (χ0) is 15.0. The van der Waals surface area contributed by atoms with E-state index in [0.29, 0.717) is 23.0 Å². The molecule has 2 aromatic heterocycles. The fourth-order valence-corrected chi connectivity index (χ4v) is 3.03. The lowest BCUT2D eigenvalue weighted by atomic mass is 10.2. The predicted octanol–water partition coefficient (Wildman–Crippen LogP) is 0.577. The van der Waals surface area contributed by atoms with Crippen molar-refractivity contribution in [1.29, 1.82) is 0 Å². The first-order chi connectivity index (χ1) is 10.1. The summed E-state index contributed by atoms with van der Waals surface area (Å²) < 4.78 is 1.65. The van der Waals surface area contributed by atoms with E-state index in [1.807, 2.05) is 7.05 Å². The van der Waals surface area contributed by atoms with Gasteiger partial charge in [-0.25, -0.2) is 0 Å². The van der Waals surface area contributed by atoms with Crippen LogP contribution in [0.25, 0.3) is 11.0 Å². The number of nitrogens with one attached hydrogen (secondary N) is 1. The Hall–Kier alpha value is -1.89. The molecule has 1 saturated heterocycles. The number of likely N-dealkylation sites (N-methyl/N-ethyl adjacent to an activating group) is 1. The van der Waals surface area contributed by atoms with Crippen LogP contribution in [0.3, 0.4) is 0 Å². The van der Waals surface area contributed by atoms with Gasteiger partial charge >= 0.3 is 0 Å². The molecule has 0 aliphatic carbocycles. The molecule has 7 nitrogen and oxygen atoms in total. The number of anilines is 1. The Morgan fingerprint density at radius 3 is 2.95 bits per heavy atom. The second-order valence-corrected chi connectivity index (χ2v) is 5.77. The number of hydrogen-bond donors (Lipinski definition) is 1. The molecule has 2 aromatic rings. The van der Waals surface area contributed by atoms with Crippen molar-refractivity contribution >= 4 is 17.0 Å². The van der Waals surface area contributed by atoms with Gasteiger partial charge in [0.15, 0.2) is 5.65 Å². The zero-order valence-electron chi connectivity index (χ0n) is 12.8. The van der Waals surface area contributed by atoms with Crippen LogP contribution in [0.1, 0.15) is 19.8 Å². The Labute approximate surface area is 123 Å². The van der Waals surface area contributed by atoms with E-state index >= 15 is 0 Å². The smallest absolute Gasteiger partial charge is 0.263 e. The highest BCUT2D eigenvalue weighted by atomic mass is 16.1. The number of rotatable bonds is 2. The molecule has 1 fully saturated rings. The molecule has 1 N–H and O–H groups in total. The maximum atomic E-state index is 12.2. The van der Waals surface area contributed by atoms with Crippen molar-refractivity contribution in [1.82, 2.24) is 24.6 Å². The Morgan fingerprint density at radius 2 is 2.19 bits per heavy atom. The summed E-state index contributed by atoms with van der Waals surface area (Å²) in [5.41, 5.74) is 0.525. The van der Waals surface area contributed by atoms with E-state index in [0.717, 1.165) is 32.5 Å². The van der Waals surface area contributed by atoms with Gasteiger partial charge in [-0.3, -0.25) is 14.5 Å². The molecular formula is C14H22N6O. The van der Waals surface area contributed by atoms with Gasteiger partial charge < -0.3 is 9.80 Å². The largest absolute Gasteiger partial charge is 0.338 e. The number of aromatic nitrogens is 4. The molecule has 0 saturated carbocycles. The van der Waals surface area contributed by atoms with E-state index in [2.05, 4.69) is 38.8 Å². The van der Waals surface area contributed by atoms with Gasteiger partial charge in [0.25, 0.3) is 5.56 Å². The predicted molar refractivity (Wildman–Crippen MR) is 82.7 cm³/mol. The van der Waals surface area contributed by atoms with Crippen molar-refractivity contribution in [3.63, 3.8) is 0 Å². The van der Waals surface area contributed by atoms with E-state index in [1.54, 1.807) is 10.9 Å². The molecule has 1 aliphatic rings. The number of H-pyrrole nitrogens is 1. The maximum Gasteiger partial charge on any atom is 0.263 e. The molecule has 0 aromatic carbocycles. The van der Waals surface area contributed by atoms with Gasteiger partial charge in [0.05, 0.1) is 6.20 Å². The van der Waals surface area contributed by atoms with E-state index in [1.165, 1.54) is 0 Å². The van der Waals surface area contributed by atoms with Crippen LogP contribution in [0.5, 0.6) is 0 Å². The van der Waals surface area contributed by atoms with Crippen molar-refractivity contribution in [2.75, 3.05) is 31.6 Å². The van der Waals surface area contributed by atoms with Crippen LogP contribution in [0.4, 0.5) is 5.95 Å². The van der Waals surface area contributed by atoms with Crippen LogP contribution in [0.2, 0.25) is 0 Å². The number of fused-ring (bicyclic) bond motifs is 1. The lowest BCUT2D eigenvalue weighted by molar-refractivity contribution is 0.327. The van der Waals surface area contributed by atoms with Crippen LogP contribution >= 0.6 is 0 Å². The highest BCUT2D eigenvalue weighted by Gasteiger charge is 2.24. The van der Waals surface area contributed by atoms with Crippen LogP contribution in [-0.2, 0) is 7.05 Å². The van der Waals surface area contributed by atoms with Gasteiger partial charge in [-0.2, -0.15) is 10.1 Å². The summed E-state index contributed by atoms with van der Waals surface area (Å²) in [6, 6.07) is 0.367. The van der Waals surface area contributed by atoms with Crippen molar-refractivity contribution in [2.24, 2.45) is 7.05 Å². The van der Waals surface area contributed by atoms with Crippen LogP contribution in [-0.4, -0.2) is 57.4 Å². The Bertz CT molecular complexity index is 690. The SMILES string of the molecule is CC[C@H]1CN(C)CCCN1c1nc2c(cnn2C)c(=O)[nH]1. The normalized spacial score (nSPS) is 20.9. The van der Waals surface area contributed by atoms with E-state index < -0.39 is 0 Å². The topological polar surface area (TPSA) is 70.1 Å². The third kappa shape index (κ3) is 2.53. The van der Waals surface area contributed by atoms with Gasteiger partial charge in [-0.1, -0.05) is 6.92 Å². The first kappa shape index (κ1) is 14.1. The Kier molecular flexibility index (Phi) is 3.67. The van der Waals surface area contributed by atoms with Crippen LogP contribution in [0.15, 0.2) is 11.0 Å². The molecule has 3 rings (SSSR count). The maximum absolute atomic E-state index is 12.2. The van der Waals surface area contributed by atoms with Gasteiger partial charge in [-0.05, 0) is 26.4 Å². The Balaban J connectivity index is 2.05. The van der Waals surface area contributed by atoms with Crippen molar-refractivity contribution in [3.8, 4) is 0 Å². The second-order valence-electron chi connectivity index (χ2n) is 5.77. The monoisotopic (exact) mass is 290 g/mol. The molecule has 3 heterocycles. The highest BCUT2D eigenvalue weighted by molar-refractivity contribution is 5.74. The molecule has 114 valence electrons.